The van der Waals surface area contributed by atoms with Crippen molar-refractivity contribution in [2.45, 2.75) is 65.2 Å². The number of hydrogen-bond donors (Lipinski definition) is 0. The predicted molar refractivity (Wildman–Crippen MR) is 97.1 cm³/mol. The summed E-state index contributed by atoms with van der Waals surface area (Å²) in [6.45, 7) is 5.68. The molecule has 0 aliphatic rings. The maximum atomic E-state index is 11.7. The highest BCUT2D eigenvalue weighted by Gasteiger charge is 2.12. The molecule has 0 heterocycles. The Labute approximate surface area is 146 Å². The fourth-order valence-corrected chi connectivity index (χ4v) is 2.41. The summed E-state index contributed by atoms with van der Waals surface area (Å²) in [6, 6.07) is 5.23. The van der Waals surface area contributed by atoms with Crippen molar-refractivity contribution in [2.24, 2.45) is 0 Å². The molecule has 0 unspecified atom stereocenters. The van der Waals surface area contributed by atoms with Gasteiger partial charge in [-0.1, -0.05) is 52.4 Å². The van der Waals surface area contributed by atoms with Crippen molar-refractivity contribution in [2.75, 3.05) is 20.3 Å². The average molecular weight is 336 g/mol. The lowest BCUT2D eigenvalue weighted by Crippen LogP contribution is -2.06. The zero-order chi connectivity index (χ0) is 17.6. The summed E-state index contributed by atoms with van der Waals surface area (Å²) >= 11 is 0. The molecule has 0 saturated heterocycles. The first kappa shape index (κ1) is 20.3. The second kappa shape index (κ2) is 12.7. The predicted octanol–water partition coefficient (Wildman–Crippen LogP) is 5.39. The highest BCUT2D eigenvalue weighted by Crippen LogP contribution is 2.29. The highest BCUT2D eigenvalue weighted by atomic mass is 16.5. The van der Waals surface area contributed by atoms with Gasteiger partial charge in [-0.15, -0.1) is 0 Å². The standard InChI is InChI=1S/C20H32O4/c1-4-6-8-10-14-23-18-13-12-17(20(21)22-3)16-19(18)24-15-11-9-7-5-2/h12-13,16H,4-11,14-15H2,1-3H3. The van der Waals surface area contributed by atoms with Crippen LogP contribution in [0.3, 0.4) is 0 Å². The number of methoxy groups -OCH3 is 1. The van der Waals surface area contributed by atoms with Crippen LogP contribution in [0.2, 0.25) is 0 Å². The number of hydrogen-bond acceptors (Lipinski definition) is 4. The minimum absolute atomic E-state index is 0.361. The Balaban J connectivity index is 2.63. The van der Waals surface area contributed by atoms with E-state index in [1.807, 2.05) is 0 Å². The van der Waals surface area contributed by atoms with Crippen LogP contribution in [-0.2, 0) is 4.74 Å². The van der Waals surface area contributed by atoms with Gasteiger partial charge in [-0.25, -0.2) is 4.79 Å². The number of carbonyl (C=O) groups excluding carboxylic acids is 1. The molecule has 0 aliphatic heterocycles. The highest BCUT2D eigenvalue weighted by molar-refractivity contribution is 5.90. The number of unbranched alkanes of at least 4 members (excludes halogenated alkanes) is 6. The molecule has 136 valence electrons. The third-order valence-corrected chi connectivity index (χ3v) is 3.88. The Morgan fingerprint density at radius 1 is 0.833 bits per heavy atom. The molecule has 1 rings (SSSR count). The number of benzene rings is 1. The van der Waals surface area contributed by atoms with Crippen LogP contribution in [0.25, 0.3) is 0 Å². The Morgan fingerprint density at radius 2 is 1.42 bits per heavy atom. The number of esters is 1. The molecule has 24 heavy (non-hydrogen) atoms. The Morgan fingerprint density at radius 3 is 1.96 bits per heavy atom. The first-order valence-corrected chi connectivity index (χ1v) is 9.20. The third-order valence-electron chi connectivity index (χ3n) is 3.88. The van der Waals surface area contributed by atoms with Crippen LogP contribution in [0.4, 0.5) is 0 Å². The second-order valence-electron chi connectivity index (χ2n) is 5.97. The largest absolute Gasteiger partial charge is 0.490 e. The Bertz CT molecular complexity index is 471. The van der Waals surface area contributed by atoms with E-state index >= 15 is 0 Å². The lowest BCUT2D eigenvalue weighted by Gasteiger charge is -2.14. The maximum Gasteiger partial charge on any atom is 0.337 e. The zero-order valence-corrected chi connectivity index (χ0v) is 15.4. The smallest absolute Gasteiger partial charge is 0.337 e. The molecule has 4 nitrogen and oxygen atoms in total. The summed E-state index contributed by atoms with van der Waals surface area (Å²) in [5, 5.41) is 0. The molecule has 0 aliphatic carbocycles. The SMILES string of the molecule is CCCCCCOc1ccc(C(=O)OC)cc1OCCCCCC. The summed E-state index contributed by atoms with van der Waals surface area (Å²) < 4.78 is 16.5. The first-order chi connectivity index (χ1) is 11.7. The van der Waals surface area contributed by atoms with Crippen molar-refractivity contribution >= 4 is 5.97 Å². The molecule has 0 radical (unpaired) electrons. The minimum Gasteiger partial charge on any atom is -0.490 e. The van der Waals surface area contributed by atoms with Crippen LogP contribution >= 0.6 is 0 Å². The fourth-order valence-electron chi connectivity index (χ4n) is 2.41. The van der Waals surface area contributed by atoms with Gasteiger partial charge >= 0.3 is 5.97 Å². The number of rotatable bonds is 13. The van der Waals surface area contributed by atoms with Gasteiger partial charge in [0.25, 0.3) is 0 Å². The lowest BCUT2D eigenvalue weighted by molar-refractivity contribution is 0.0600. The summed E-state index contributed by atoms with van der Waals surface area (Å²) in [5.74, 6) is 0.972. The van der Waals surface area contributed by atoms with E-state index in [1.165, 1.54) is 39.2 Å². The third kappa shape index (κ3) is 7.71. The van der Waals surface area contributed by atoms with Crippen LogP contribution in [0.1, 0.15) is 75.6 Å². The molecule has 4 heteroatoms. The van der Waals surface area contributed by atoms with Crippen LogP contribution in [-0.4, -0.2) is 26.3 Å². The molecule has 0 saturated carbocycles. The quantitative estimate of drug-likeness (QED) is 0.358. The van der Waals surface area contributed by atoms with Gasteiger partial charge in [-0.2, -0.15) is 0 Å². The second-order valence-corrected chi connectivity index (χ2v) is 5.97. The topological polar surface area (TPSA) is 44.8 Å². The fraction of sp³-hybridized carbons (Fsp3) is 0.650. The van der Waals surface area contributed by atoms with Gasteiger partial charge in [0.2, 0.25) is 0 Å². The summed E-state index contributed by atoms with van der Waals surface area (Å²) in [7, 11) is 1.38. The number of ether oxygens (including phenoxy) is 3. The van der Waals surface area contributed by atoms with Gasteiger partial charge in [0, 0.05) is 0 Å². The molecule has 1 aromatic carbocycles. The molecule has 0 spiro atoms. The van der Waals surface area contributed by atoms with Gasteiger partial charge in [-0.3, -0.25) is 0 Å². The van der Waals surface area contributed by atoms with Crippen LogP contribution in [0.15, 0.2) is 18.2 Å². The average Bonchev–Trinajstić information content (AvgIpc) is 2.61. The molecule has 0 N–H and O–H groups in total. The van der Waals surface area contributed by atoms with Crippen LogP contribution in [0.5, 0.6) is 11.5 Å². The van der Waals surface area contributed by atoms with E-state index in [0.29, 0.717) is 30.3 Å². The molecule has 0 bridgehead atoms. The van der Waals surface area contributed by atoms with Crippen molar-refractivity contribution in [1.29, 1.82) is 0 Å². The molecular weight excluding hydrogens is 304 g/mol. The van der Waals surface area contributed by atoms with Gasteiger partial charge in [0.15, 0.2) is 11.5 Å². The molecule has 1 aromatic rings. The normalized spacial score (nSPS) is 10.5. The monoisotopic (exact) mass is 336 g/mol. The number of carbonyl (C=O) groups is 1. The minimum atomic E-state index is -0.361. The molecule has 0 amide bonds. The van der Waals surface area contributed by atoms with E-state index < -0.39 is 0 Å². The van der Waals surface area contributed by atoms with Crippen molar-refractivity contribution in [3.05, 3.63) is 23.8 Å². The van der Waals surface area contributed by atoms with E-state index in [-0.39, 0.29) is 5.97 Å². The van der Waals surface area contributed by atoms with Gasteiger partial charge in [0.05, 0.1) is 25.9 Å². The van der Waals surface area contributed by atoms with Crippen LogP contribution < -0.4 is 9.47 Å². The van der Waals surface area contributed by atoms with E-state index in [0.717, 1.165) is 19.3 Å². The maximum absolute atomic E-state index is 11.7. The molecular formula is C20H32O4. The summed E-state index contributed by atoms with van der Waals surface area (Å²) in [4.78, 5) is 11.7. The van der Waals surface area contributed by atoms with Crippen molar-refractivity contribution in [1.82, 2.24) is 0 Å². The first-order valence-electron chi connectivity index (χ1n) is 9.20. The van der Waals surface area contributed by atoms with E-state index in [2.05, 4.69) is 13.8 Å². The molecule has 0 fully saturated rings. The Kier molecular flexibility index (Phi) is 10.7. The van der Waals surface area contributed by atoms with E-state index in [4.69, 9.17) is 14.2 Å². The van der Waals surface area contributed by atoms with Gasteiger partial charge in [-0.05, 0) is 31.0 Å². The summed E-state index contributed by atoms with van der Waals surface area (Å²) in [6.07, 6.45) is 9.21. The summed E-state index contributed by atoms with van der Waals surface area (Å²) in [5.41, 5.74) is 0.486. The van der Waals surface area contributed by atoms with E-state index in [1.54, 1.807) is 18.2 Å². The lowest BCUT2D eigenvalue weighted by atomic mass is 10.2. The van der Waals surface area contributed by atoms with Crippen LogP contribution in [0, 0.1) is 0 Å². The van der Waals surface area contributed by atoms with Gasteiger partial charge < -0.3 is 14.2 Å². The molecule has 0 aromatic heterocycles. The van der Waals surface area contributed by atoms with E-state index in [9.17, 15) is 4.79 Å². The van der Waals surface area contributed by atoms with Crippen molar-refractivity contribution in [3.63, 3.8) is 0 Å². The zero-order valence-electron chi connectivity index (χ0n) is 15.4. The van der Waals surface area contributed by atoms with Gasteiger partial charge in [0.1, 0.15) is 0 Å². The van der Waals surface area contributed by atoms with Crippen molar-refractivity contribution in [3.8, 4) is 11.5 Å². The Hall–Kier alpha value is -1.71. The van der Waals surface area contributed by atoms with Crippen molar-refractivity contribution < 1.29 is 19.0 Å². The molecule has 0 atom stereocenters.